The lowest BCUT2D eigenvalue weighted by Gasteiger charge is -2.40. The summed E-state index contributed by atoms with van der Waals surface area (Å²) < 4.78 is 32.9. The quantitative estimate of drug-likeness (QED) is 0.725. The number of hydrogen-bond acceptors (Lipinski definition) is 3. The molecule has 0 aromatic heterocycles. The van der Waals surface area contributed by atoms with Gasteiger partial charge in [-0.3, -0.25) is 0 Å². The van der Waals surface area contributed by atoms with E-state index in [4.69, 9.17) is 4.74 Å². The molecule has 2 aromatic carbocycles. The number of rotatable bonds is 5. The summed E-state index contributed by atoms with van der Waals surface area (Å²) in [5.74, 6) is 0.0124. The van der Waals surface area contributed by atoms with E-state index in [0.29, 0.717) is 23.3 Å². The molecule has 3 nitrogen and oxygen atoms in total. The lowest BCUT2D eigenvalue weighted by atomic mass is 9.74. The average molecular weight is 360 g/mol. The SMILES string of the molecule is C=Cc1cc(O)cc2c1O[C@@H](c1ccc(O)cc1)[C@@H](CC)[C@H]2CC(F)F. The van der Waals surface area contributed by atoms with Gasteiger partial charge in [0.05, 0.1) is 0 Å². The molecule has 0 aliphatic carbocycles. The molecule has 0 fully saturated rings. The van der Waals surface area contributed by atoms with E-state index < -0.39 is 18.4 Å². The van der Waals surface area contributed by atoms with Gasteiger partial charge in [0.2, 0.25) is 6.43 Å². The first-order chi connectivity index (χ1) is 12.4. The zero-order chi connectivity index (χ0) is 18.8. The molecule has 0 unspecified atom stereocenters. The third-order valence-corrected chi connectivity index (χ3v) is 5.03. The highest BCUT2D eigenvalue weighted by Crippen LogP contribution is 2.52. The molecule has 2 aromatic rings. The number of aromatic hydroxyl groups is 2. The van der Waals surface area contributed by atoms with Crippen LogP contribution in [-0.2, 0) is 0 Å². The first kappa shape index (κ1) is 18.2. The third kappa shape index (κ3) is 3.39. The van der Waals surface area contributed by atoms with Crippen molar-refractivity contribution in [3.63, 3.8) is 0 Å². The number of phenolic OH excluding ortho intramolecular Hbond substituents is 2. The molecule has 138 valence electrons. The van der Waals surface area contributed by atoms with Gasteiger partial charge in [-0.15, -0.1) is 0 Å². The molecule has 0 saturated heterocycles. The highest BCUT2D eigenvalue weighted by atomic mass is 19.3. The Morgan fingerprint density at radius 3 is 2.42 bits per heavy atom. The van der Waals surface area contributed by atoms with Gasteiger partial charge in [-0.05, 0) is 42.2 Å². The standard InChI is InChI=1S/C21H22F2O3/c1-3-12-9-15(25)10-18-17(11-19(22)23)16(4-2)21(26-20(12)18)13-5-7-14(24)8-6-13/h3,5-10,16-17,19,21,24-25H,1,4,11H2,2H3/t16-,17+,21-/m0/s1. The van der Waals surface area contributed by atoms with Crippen LogP contribution in [0.2, 0.25) is 0 Å². The summed E-state index contributed by atoms with van der Waals surface area (Å²) in [6.45, 7) is 5.69. The molecular weight excluding hydrogens is 338 g/mol. The van der Waals surface area contributed by atoms with E-state index in [1.165, 1.54) is 12.1 Å². The van der Waals surface area contributed by atoms with Gasteiger partial charge in [-0.25, -0.2) is 8.78 Å². The van der Waals surface area contributed by atoms with Gasteiger partial charge in [-0.1, -0.05) is 31.7 Å². The zero-order valence-electron chi connectivity index (χ0n) is 14.5. The molecular formula is C21H22F2O3. The Morgan fingerprint density at radius 2 is 1.85 bits per heavy atom. The van der Waals surface area contributed by atoms with Crippen molar-refractivity contribution in [2.75, 3.05) is 0 Å². The minimum absolute atomic E-state index is 0.0134. The fourth-order valence-corrected chi connectivity index (χ4v) is 3.85. The van der Waals surface area contributed by atoms with Gasteiger partial charge in [0.25, 0.3) is 0 Å². The lowest BCUT2D eigenvalue weighted by Crippen LogP contribution is -2.31. The van der Waals surface area contributed by atoms with E-state index in [1.807, 2.05) is 6.92 Å². The average Bonchev–Trinajstić information content (AvgIpc) is 2.61. The Kier molecular flexibility index (Phi) is 5.16. The number of halogens is 2. The number of hydrogen-bond donors (Lipinski definition) is 2. The molecule has 0 radical (unpaired) electrons. The second-order valence-electron chi connectivity index (χ2n) is 6.59. The van der Waals surface area contributed by atoms with Gasteiger partial charge in [0.1, 0.15) is 23.4 Å². The minimum atomic E-state index is -2.46. The number of fused-ring (bicyclic) bond motifs is 1. The molecule has 2 N–H and O–H groups in total. The second kappa shape index (κ2) is 7.36. The Balaban J connectivity index is 2.14. The highest BCUT2D eigenvalue weighted by molar-refractivity contribution is 5.63. The topological polar surface area (TPSA) is 49.7 Å². The second-order valence-corrected chi connectivity index (χ2v) is 6.59. The van der Waals surface area contributed by atoms with Crippen molar-refractivity contribution >= 4 is 6.08 Å². The van der Waals surface area contributed by atoms with Crippen molar-refractivity contribution in [1.82, 2.24) is 0 Å². The van der Waals surface area contributed by atoms with Crippen LogP contribution in [0, 0.1) is 5.92 Å². The molecule has 1 aliphatic heterocycles. The first-order valence-electron chi connectivity index (χ1n) is 8.67. The largest absolute Gasteiger partial charge is 0.508 e. The van der Waals surface area contributed by atoms with Crippen LogP contribution < -0.4 is 4.74 Å². The van der Waals surface area contributed by atoms with Crippen molar-refractivity contribution in [3.8, 4) is 17.2 Å². The van der Waals surface area contributed by atoms with E-state index >= 15 is 0 Å². The molecule has 3 rings (SSSR count). The Morgan fingerprint density at radius 1 is 1.15 bits per heavy atom. The van der Waals surface area contributed by atoms with E-state index in [2.05, 4.69) is 6.58 Å². The van der Waals surface area contributed by atoms with Crippen LogP contribution in [0.5, 0.6) is 17.2 Å². The van der Waals surface area contributed by atoms with Gasteiger partial charge < -0.3 is 14.9 Å². The number of benzene rings is 2. The highest BCUT2D eigenvalue weighted by Gasteiger charge is 2.40. The van der Waals surface area contributed by atoms with Gasteiger partial charge >= 0.3 is 0 Å². The van der Waals surface area contributed by atoms with Crippen molar-refractivity contribution in [2.24, 2.45) is 5.92 Å². The Labute approximate surface area is 151 Å². The molecule has 1 aliphatic rings. The van der Waals surface area contributed by atoms with Crippen LogP contribution in [0.25, 0.3) is 6.08 Å². The fraction of sp³-hybridized carbons (Fsp3) is 0.333. The molecule has 0 amide bonds. The maximum absolute atomic E-state index is 13.3. The number of alkyl halides is 2. The first-order valence-corrected chi connectivity index (χ1v) is 8.67. The summed E-state index contributed by atoms with van der Waals surface area (Å²) in [7, 11) is 0. The van der Waals surface area contributed by atoms with E-state index in [9.17, 15) is 19.0 Å². The molecule has 0 bridgehead atoms. The number of ether oxygens (including phenoxy) is 1. The molecule has 0 saturated carbocycles. The summed E-state index contributed by atoms with van der Waals surface area (Å²) in [5.41, 5.74) is 2.00. The van der Waals surface area contributed by atoms with Gasteiger partial charge in [0, 0.05) is 23.5 Å². The molecule has 0 spiro atoms. The zero-order valence-corrected chi connectivity index (χ0v) is 14.5. The normalized spacial score (nSPS) is 21.9. The van der Waals surface area contributed by atoms with Crippen LogP contribution in [0.3, 0.4) is 0 Å². The summed E-state index contributed by atoms with van der Waals surface area (Å²) >= 11 is 0. The van der Waals surface area contributed by atoms with Crippen LogP contribution in [0.1, 0.15) is 48.5 Å². The van der Waals surface area contributed by atoms with Crippen molar-refractivity contribution in [1.29, 1.82) is 0 Å². The summed E-state index contributed by atoms with van der Waals surface area (Å²) in [4.78, 5) is 0. The maximum atomic E-state index is 13.3. The minimum Gasteiger partial charge on any atom is -0.508 e. The predicted octanol–water partition coefficient (Wildman–Crippen LogP) is 5.64. The number of phenols is 2. The Hall–Kier alpha value is -2.56. The van der Waals surface area contributed by atoms with Crippen LogP contribution in [0.4, 0.5) is 8.78 Å². The van der Waals surface area contributed by atoms with Crippen LogP contribution in [-0.4, -0.2) is 16.6 Å². The van der Waals surface area contributed by atoms with Crippen molar-refractivity contribution < 1.29 is 23.7 Å². The molecule has 1 heterocycles. The summed E-state index contributed by atoms with van der Waals surface area (Å²) in [6, 6.07) is 9.67. The van der Waals surface area contributed by atoms with Crippen molar-refractivity contribution in [2.45, 2.75) is 38.2 Å². The Bertz CT molecular complexity index is 787. The lowest BCUT2D eigenvalue weighted by molar-refractivity contribution is 0.0535. The van der Waals surface area contributed by atoms with Gasteiger partial charge in [0.15, 0.2) is 0 Å². The molecule has 5 heteroatoms. The predicted molar refractivity (Wildman–Crippen MR) is 96.8 cm³/mol. The monoisotopic (exact) mass is 360 g/mol. The van der Waals surface area contributed by atoms with E-state index in [1.54, 1.807) is 30.3 Å². The van der Waals surface area contributed by atoms with E-state index in [-0.39, 0.29) is 23.8 Å². The van der Waals surface area contributed by atoms with E-state index in [0.717, 1.165) is 5.56 Å². The summed E-state index contributed by atoms with van der Waals surface area (Å²) in [5, 5.41) is 19.5. The molecule has 26 heavy (non-hydrogen) atoms. The smallest absolute Gasteiger partial charge is 0.239 e. The fourth-order valence-electron chi connectivity index (χ4n) is 3.85. The maximum Gasteiger partial charge on any atom is 0.239 e. The van der Waals surface area contributed by atoms with Crippen molar-refractivity contribution in [3.05, 3.63) is 59.7 Å². The van der Waals surface area contributed by atoms with Gasteiger partial charge in [-0.2, -0.15) is 0 Å². The molecule has 3 atom stereocenters. The van der Waals surface area contributed by atoms with Crippen LogP contribution in [0.15, 0.2) is 43.0 Å². The third-order valence-electron chi connectivity index (χ3n) is 5.03. The summed E-state index contributed by atoms with van der Waals surface area (Å²) in [6.07, 6.45) is -0.988. The van der Waals surface area contributed by atoms with Crippen LogP contribution >= 0.6 is 0 Å².